The van der Waals surface area contributed by atoms with E-state index in [0.717, 1.165) is 7.11 Å². The van der Waals surface area contributed by atoms with Crippen molar-refractivity contribution in [2.24, 2.45) is 0 Å². The number of carbonyl (C=O) groups excluding carboxylic acids is 3. The lowest BCUT2D eigenvalue weighted by atomic mass is 10.0. The van der Waals surface area contributed by atoms with Crippen LogP contribution in [-0.2, 0) is 33.9 Å². The Morgan fingerprint density at radius 2 is 1.92 bits per heavy atom. The molecule has 1 aliphatic heterocycles. The zero-order valence-electron chi connectivity index (χ0n) is 13.7. The first kappa shape index (κ1) is 20.1. The molecule has 1 aliphatic rings. The number of ether oxygens (including phenoxy) is 2. The van der Waals surface area contributed by atoms with Gasteiger partial charge in [-0.3, -0.25) is 14.4 Å². The predicted molar refractivity (Wildman–Crippen MR) is 80.0 cm³/mol. The van der Waals surface area contributed by atoms with Gasteiger partial charge in [-0.25, -0.2) is 13.2 Å². The number of hydrogen-bond donors (Lipinski definition) is 3. The quantitative estimate of drug-likeness (QED) is 0.277. The molecule has 0 bridgehead atoms. The Labute approximate surface area is 139 Å². The Hall–Kier alpha value is -1.92. The van der Waals surface area contributed by atoms with Gasteiger partial charge in [-0.1, -0.05) is 4.89 Å². The van der Waals surface area contributed by atoms with Crippen LogP contribution in [0.4, 0.5) is 4.79 Å². The predicted octanol–water partition coefficient (Wildman–Crippen LogP) is -1.60. The molecule has 3 N–H and O–H groups in total. The van der Waals surface area contributed by atoms with E-state index in [1.807, 2.05) is 0 Å². The van der Waals surface area contributed by atoms with Gasteiger partial charge in [0.05, 0.1) is 19.8 Å². The molecule has 1 fully saturated rings. The fraction of sp³-hybridized carbons (Fsp3) is 0.750. The van der Waals surface area contributed by atoms with Crippen molar-refractivity contribution >= 4 is 28.0 Å². The number of hydrogen-bond acceptors (Lipinski definition) is 8. The molecule has 0 aromatic carbocycles. The fourth-order valence-electron chi connectivity index (χ4n) is 1.64. The van der Waals surface area contributed by atoms with Crippen LogP contribution in [0.15, 0.2) is 0 Å². The second-order valence-corrected chi connectivity index (χ2v) is 7.65. The van der Waals surface area contributed by atoms with Crippen molar-refractivity contribution in [2.75, 3.05) is 19.5 Å². The van der Waals surface area contributed by atoms with E-state index in [0.29, 0.717) is 0 Å². The van der Waals surface area contributed by atoms with E-state index in [1.54, 1.807) is 25.7 Å². The Bertz CT molecular complexity index is 598. The van der Waals surface area contributed by atoms with E-state index in [1.165, 1.54) is 0 Å². The molecule has 2 atom stereocenters. The smallest absolute Gasteiger partial charge is 0.408 e. The van der Waals surface area contributed by atoms with Crippen LogP contribution in [0.2, 0.25) is 0 Å². The van der Waals surface area contributed by atoms with Gasteiger partial charge < -0.3 is 20.1 Å². The highest BCUT2D eigenvalue weighted by atomic mass is 32.2. The first-order valence-corrected chi connectivity index (χ1v) is 8.57. The molecule has 0 spiro atoms. The number of carbonyl (C=O) groups is 3. The summed E-state index contributed by atoms with van der Waals surface area (Å²) in [5, 5.41) is 4.80. The molecule has 0 unspecified atom stereocenters. The third-order valence-corrected chi connectivity index (χ3v) is 3.66. The van der Waals surface area contributed by atoms with Crippen LogP contribution in [0.25, 0.3) is 0 Å². The number of esters is 1. The van der Waals surface area contributed by atoms with Crippen molar-refractivity contribution in [1.29, 1.82) is 0 Å². The Balaban J connectivity index is 2.42. The molecular weight excluding hydrogens is 346 g/mol. The minimum Gasteiger partial charge on any atom is -0.468 e. The summed E-state index contributed by atoms with van der Waals surface area (Å²) in [4.78, 5) is 40.5. The number of nitrogens with one attached hydrogen (secondary N) is 3. The number of β-lactam (4-membered cyclic amide) rings is 1. The fourth-order valence-corrected chi connectivity index (χ4v) is 2.37. The third kappa shape index (κ3) is 6.68. The normalized spacial score (nSPS) is 20.6. The zero-order chi connectivity index (χ0) is 18.5. The molecule has 0 aliphatic carbocycles. The molecule has 0 aromatic heterocycles. The standard InChI is InChI=1S/C12H21N3O8S/c1-12(2,3)23-11(18)14-9-7(13-10(9)17)5-22-15-24(19,20)6-8(16)21-4/h7,9,15H,5-6H2,1-4H3,(H,13,17)(H,14,18)/t7-,9+/m0/s1. The highest BCUT2D eigenvalue weighted by Crippen LogP contribution is 2.10. The van der Waals surface area contributed by atoms with Crippen molar-refractivity contribution in [2.45, 2.75) is 38.5 Å². The molecule has 2 amide bonds. The van der Waals surface area contributed by atoms with E-state index in [9.17, 15) is 22.8 Å². The number of rotatable bonds is 7. The molecule has 0 aromatic rings. The third-order valence-electron chi connectivity index (χ3n) is 2.67. The number of alkyl carbamates (subject to hydrolysis) is 1. The molecular formula is C12H21N3O8S. The zero-order valence-corrected chi connectivity index (χ0v) is 14.6. The van der Waals surface area contributed by atoms with Crippen molar-refractivity contribution < 1.29 is 37.1 Å². The van der Waals surface area contributed by atoms with Crippen molar-refractivity contribution in [3.63, 3.8) is 0 Å². The second kappa shape index (κ2) is 7.77. The van der Waals surface area contributed by atoms with E-state index in [2.05, 4.69) is 15.4 Å². The first-order chi connectivity index (χ1) is 10.9. The second-order valence-electron chi connectivity index (χ2n) is 5.97. The average Bonchev–Trinajstić information content (AvgIpc) is 2.41. The molecule has 138 valence electrons. The van der Waals surface area contributed by atoms with Crippen molar-refractivity contribution in [3.05, 3.63) is 0 Å². The molecule has 0 saturated carbocycles. The van der Waals surface area contributed by atoms with Crippen molar-refractivity contribution in [1.82, 2.24) is 15.5 Å². The topological polar surface area (TPSA) is 149 Å². The largest absolute Gasteiger partial charge is 0.468 e. The summed E-state index contributed by atoms with van der Waals surface area (Å²) in [6, 6.07) is -1.56. The Morgan fingerprint density at radius 1 is 1.29 bits per heavy atom. The van der Waals surface area contributed by atoms with Gasteiger partial charge in [0.15, 0.2) is 5.75 Å². The number of amides is 2. The average molecular weight is 367 g/mol. The summed E-state index contributed by atoms with van der Waals surface area (Å²) >= 11 is 0. The van der Waals surface area contributed by atoms with Crippen LogP contribution in [0.5, 0.6) is 0 Å². The molecule has 24 heavy (non-hydrogen) atoms. The highest BCUT2D eigenvalue weighted by Gasteiger charge is 2.41. The van der Waals surface area contributed by atoms with Gasteiger partial charge in [0.1, 0.15) is 11.6 Å². The lowest BCUT2D eigenvalue weighted by Gasteiger charge is -2.36. The molecule has 1 rings (SSSR count). The van der Waals surface area contributed by atoms with Gasteiger partial charge in [0, 0.05) is 0 Å². The lowest BCUT2D eigenvalue weighted by molar-refractivity contribution is -0.137. The van der Waals surface area contributed by atoms with E-state index < -0.39 is 51.4 Å². The summed E-state index contributed by atoms with van der Waals surface area (Å²) in [6.45, 7) is 4.75. The monoisotopic (exact) mass is 367 g/mol. The summed E-state index contributed by atoms with van der Waals surface area (Å²) in [7, 11) is -2.97. The molecule has 0 radical (unpaired) electrons. The molecule has 1 saturated heterocycles. The number of methoxy groups -OCH3 is 1. The Kier molecular flexibility index (Phi) is 6.51. The summed E-state index contributed by atoms with van der Waals surface area (Å²) in [6.07, 6.45) is -0.779. The van der Waals surface area contributed by atoms with Crippen LogP contribution >= 0.6 is 0 Å². The summed E-state index contributed by atoms with van der Waals surface area (Å²) < 4.78 is 32.2. The van der Waals surface area contributed by atoms with Gasteiger partial charge in [-0.15, -0.1) is 0 Å². The number of sulfonamides is 1. The van der Waals surface area contributed by atoms with Crippen LogP contribution in [0.3, 0.4) is 0 Å². The summed E-state index contributed by atoms with van der Waals surface area (Å²) in [5.41, 5.74) is -0.722. The van der Waals surface area contributed by atoms with Crippen LogP contribution in [0.1, 0.15) is 20.8 Å². The van der Waals surface area contributed by atoms with Crippen molar-refractivity contribution in [3.8, 4) is 0 Å². The van der Waals surface area contributed by atoms with Gasteiger partial charge in [0.2, 0.25) is 15.9 Å². The SMILES string of the molecule is COC(=O)CS(=O)(=O)NOC[C@@H]1NC(=O)[C@@H]1NC(=O)OC(C)(C)C. The summed E-state index contributed by atoms with van der Waals surface area (Å²) in [5.74, 6) is -2.31. The van der Waals surface area contributed by atoms with Gasteiger partial charge in [0.25, 0.3) is 0 Å². The Morgan fingerprint density at radius 3 is 2.42 bits per heavy atom. The minimum atomic E-state index is -4.02. The maximum absolute atomic E-state index is 11.6. The van der Waals surface area contributed by atoms with E-state index in [4.69, 9.17) is 9.57 Å². The minimum absolute atomic E-state index is 0.257. The molecule has 11 nitrogen and oxygen atoms in total. The maximum atomic E-state index is 11.6. The van der Waals surface area contributed by atoms with E-state index in [-0.39, 0.29) is 6.61 Å². The van der Waals surface area contributed by atoms with E-state index >= 15 is 0 Å². The van der Waals surface area contributed by atoms with Crippen LogP contribution < -0.4 is 15.5 Å². The lowest BCUT2D eigenvalue weighted by Crippen LogP contribution is -2.71. The van der Waals surface area contributed by atoms with Crippen LogP contribution in [-0.4, -0.2) is 63.5 Å². The van der Waals surface area contributed by atoms with Crippen LogP contribution in [0, 0.1) is 0 Å². The van der Waals surface area contributed by atoms with Gasteiger partial charge in [-0.05, 0) is 20.8 Å². The van der Waals surface area contributed by atoms with Gasteiger partial charge >= 0.3 is 12.1 Å². The first-order valence-electron chi connectivity index (χ1n) is 6.91. The molecule has 12 heteroatoms. The highest BCUT2D eigenvalue weighted by molar-refractivity contribution is 7.90. The van der Waals surface area contributed by atoms with Gasteiger partial charge in [-0.2, -0.15) is 0 Å². The maximum Gasteiger partial charge on any atom is 0.408 e. The molecule has 1 heterocycles.